The fourth-order valence-corrected chi connectivity index (χ4v) is 2.33. The van der Waals surface area contributed by atoms with Gasteiger partial charge in [0, 0.05) is 17.7 Å². The third-order valence-corrected chi connectivity index (χ3v) is 3.57. The molecule has 1 aromatic heterocycles. The Morgan fingerprint density at radius 1 is 1.26 bits per heavy atom. The second kappa shape index (κ2) is 6.24. The van der Waals surface area contributed by atoms with Gasteiger partial charge < -0.3 is 9.94 Å². The number of carbonyl (C=O) groups is 1. The van der Waals surface area contributed by atoms with Crippen molar-refractivity contribution in [3.63, 3.8) is 0 Å². The summed E-state index contributed by atoms with van der Waals surface area (Å²) in [7, 11) is 1.58. The molecule has 0 N–H and O–H groups in total. The van der Waals surface area contributed by atoms with Gasteiger partial charge in [-0.15, -0.1) is 0 Å². The molecule has 0 saturated carbocycles. The van der Waals surface area contributed by atoms with Crippen molar-refractivity contribution in [2.24, 2.45) is 0 Å². The SMILES string of the molecule is COc1ccc(C(=O)CSc2cccc[n+]2[O-])cc1. The van der Waals surface area contributed by atoms with Crippen LogP contribution >= 0.6 is 11.8 Å². The molecule has 0 atom stereocenters. The van der Waals surface area contributed by atoms with Crippen molar-refractivity contribution in [1.82, 2.24) is 0 Å². The van der Waals surface area contributed by atoms with Crippen LogP contribution in [0.4, 0.5) is 0 Å². The Morgan fingerprint density at radius 2 is 2.00 bits per heavy atom. The second-order valence-corrected chi connectivity index (χ2v) is 4.80. The number of ether oxygens (including phenoxy) is 1. The van der Waals surface area contributed by atoms with E-state index in [4.69, 9.17) is 4.74 Å². The molecule has 2 rings (SSSR count). The van der Waals surface area contributed by atoms with E-state index in [0.29, 0.717) is 16.3 Å². The lowest BCUT2D eigenvalue weighted by Gasteiger charge is -2.04. The molecule has 1 aromatic carbocycles. The van der Waals surface area contributed by atoms with E-state index in [1.54, 1.807) is 49.6 Å². The van der Waals surface area contributed by atoms with Gasteiger partial charge in [0.25, 0.3) is 5.03 Å². The Kier molecular flexibility index (Phi) is 4.41. The number of pyridine rings is 1. The molecule has 0 aliphatic rings. The van der Waals surface area contributed by atoms with Gasteiger partial charge in [-0.3, -0.25) is 4.79 Å². The molecule has 0 saturated heterocycles. The molecule has 0 amide bonds. The van der Waals surface area contributed by atoms with Gasteiger partial charge in [0.2, 0.25) is 0 Å². The molecule has 0 fully saturated rings. The van der Waals surface area contributed by atoms with Crippen molar-refractivity contribution in [3.8, 4) is 5.75 Å². The Bertz CT molecular complexity index is 569. The minimum atomic E-state index is -0.0171. The van der Waals surface area contributed by atoms with Gasteiger partial charge in [0.05, 0.1) is 12.9 Å². The number of carbonyl (C=O) groups excluding carboxylic acids is 1. The second-order valence-electron chi connectivity index (χ2n) is 3.81. The standard InChI is InChI=1S/C14H13NO3S/c1-18-12-7-5-11(6-8-12)13(16)10-19-14-4-2-3-9-15(14)17/h2-9H,10H2,1H3. The van der Waals surface area contributed by atoms with Crippen molar-refractivity contribution >= 4 is 17.5 Å². The molecule has 0 spiro atoms. The Hall–Kier alpha value is -2.01. The molecule has 19 heavy (non-hydrogen) atoms. The van der Waals surface area contributed by atoms with E-state index < -0.39 is 0 Å². The summed E-state index contributed by atoms with van der Waals surface area (Å²) in [5.74, 6) is 0.930. The van der Waals surface area contributed by atoms with Gasteiger partial charge in [-0.2, -0.15) is 4.73 Å². The largest absolute Gasteiger partial charge is 0.618 e. The number of Topliss-reactive ketones (excluding diaryl/α,β-unsaturated/α-hetero) is 1. The quantitative estimate of drug-likeness (QED) is 0.364. The zero-order valence-electron chi connectivity index (χ0n) is 10.4. The molecule has 5 heteroatoms. The molecular weight excluding hydrogens is 262 g/mol. The normalized spacial score (nSPS) is 10.2. The average Bonchev–Trinajstić information content (AvgIpc) is 2.46. The van der Waals surface area contributed by atoms with Crippen LogP contribution in [0, 0.1) is 5.21 Å². The van der Waals surface area contributed by atoms with Crippen LogP contribution < -0.4 is 9.47 Å². The molecule has 0 aliphatic carbocycles. The highest BCUT2D eigenvalue weighted by atomic mass is 32.2. The van der Waals surface area contributed by atoms with Gasteiger partial charge >= 0.3 is 0 Å². The fraction of sp³-hybridized carbons (Fsp3) is 0.143. The van der Waals surface area contributed by atoms with Gasteiger partial charge in [0.1, 0.15) is 5.75 Å². The highest BCUT2D eigenvalue weighted by molar-refractivity contribution is 7.99. The van der Waals surface area contributed by atoms with Crippen molar-refractivity contribution in [2.75, 3.05) is 12.9 Å². The van der Waals surface area contributed by atoms with E-state index in [1.807, 2.05) is 0 Å². The summed E-state index contributed by atoms with van der Waals surface area (Å²) in [6.07, 6.45) is 1.42. The first-order valence-corrected chi connectivity index (χ1v) is 6.67. The number of ketones is 1. The lowest BCUT2D eigenvalue weighted by molar-refractivity contribution is -0.645. The van der Waals surface area contributed by atoms with Crippen molar-refractivity contribution in [1.29, 1.82) is 0 Å². The summed E-state index contributed by atoms with van der Waals surface area (Å²) >= 11 is 1.23. The zero-order valence-corrected chi connectivity index (χ0v) is 11.2. The first-order valence-electron chi connectivity index (χ1n) is 5.69. The Labute approximate surface area is 115 Å². The highest BCUT2D eigenvalue weighted by Gasteiger charge is 2.10. The number of methoxy groups -OCH3 is 1. The maximum Gasteiger partial charge on any atom is 0.251 e. The van der Waals surface area contributed by atoms with E-state index in [1.165, 1.54) is 18.0 Å². The monoisotopic (exact) mass is 275 g/mol. The van der Waals surface area contributed by atoms with E-state index in [-0.39, 0.29) is 11.5 Å². The fourth-order valence-electron chi connectivity index (χ4n) is 1.52. The molecular formula is C14H13NO3S. The van der Waals surface area contributed by atoms with E-state index in [2.05, 4.69) is 0 Å². The molecule has 2 aromatic rings. The van der Waals surface area contributed by atoms with Crippen LogP contribution in [0.5, 0.6) is 5.75 Å². The number of thioether (sulfide) groups is 1. The van der Waals surface area contributed by atoms with E-state index in [9.17, 15) is 10.0 Å². The lowest BCUT2D eigenvalue weighted by atomic mass is 10.1. The van der Waals surface area contributed by atoms with Crippen molar-refractivity contribution in [3.05, 3.63) is 59.4 Å². The van der Waals surface area contributed by atoms with Gasteiger partial charge in [-0.05, 0) is 42.1 Å². The van der Waals surface area contributed by atoms with Crippen molar-refractivity contribution in [2.45, 2.75) is 5.03 Å². The van der Waals surface area contributed by atoms with Crippen LogP contribution in [0.15, 0.2) is 53.7 Å². The van der Waals surface area contributed by atoms with E-state index >= 15 is 0 Å². The molecule has 1 heterocycles. The van der Waals surface area contributed by atoms with Gasteiger partial charge in [0.15, 0.2) is 12.0 Å². The van der Waals surface area contributed by atoms with Crippen LogP contribution in [-0.4, -0.2) is 18.6 Å². The third-order valence-electron chi connectivity index (χ3n) is 2.55. The number of aromatic nitrogens is 1. The summed E-state index contributed by atoms with van der Waals surface area (Å²) in [5, 5.41) is 11.9. The summed E-state index contributed by atoms with van der Waals surface area (Å²) in [6.45, 7) is 0. The van der Waals surface area contributed by atoms with Crippen LogP contribution in [0.3, 0.4) is 0 Å². The predicted octanol–water partition coefficient (Wildman–Crippen LogP) is 2.30. The molecule has 0 unspecified atom stereocenters. The summed E-state index contributed by atoms with van der Waals surface area (Å²) in [6, 6.07) is 12.0. The summed E-state index contributed by atoms with van der Waals surface area (Å²) in [4.78, 5) is 12.0. The molecule has 98 valence electrons. The number of hydrogen-bond acceptors (Lipinski definition) is 4. The number of hydrogen-bond donors (Lipinski definition) is 0. The Morgan fingerprint density at radius 3 is 2.63 bits per heavy atom. The van der Waals surface area contributed by atoms with Crippen molar-refractivity contribution < 1.29 is 14.3 Å². The van der Waals surface area contributed by atoms with Gasteiger partial charge in [-0.1, -0.05) is 0 Å². The Balaban J connectivity index is 1.99. The lowest BCUT2D eigenvalue weighted by Crippen LogP contribution is -2.28. The maximum absolute atomic E-state index is 12.0. The third kappa shape index (κ3) is 3.48. The maximum atomic E-state index is 12.0. The van der Waals surface area contributed by atoms with Crippen LogP contribution in [0.1, 0.15) is 10.4 Å². The molecule has 0 bridgehead atoms. The molecule has 0 aliphatic heterocycles. The number of rotatable bonds is 5. The molecule has 4 nitrogen and oxygen atoms in total. The topological polar surface area (TPSA) is 53.2 Å². The first-order chi connectivity index (χ1) is 9.20. The van der Waals surface area contributed by atoms with E-state index in [0.717, 1.165) is 4.73 Å². The predicted molar refractivity (Wildman–Crippen MR) is 73.5 cm³/mol. The summed E-state index contributed by atoms with van der Waals surface area (Å²) in [5.41, 5.74) is 0.613. The van der Waals surface area contributed by atoms with Crippen LogP contribution in [-0.2, 0) is 0 Å². The smallest absolute Gasteiger partial charge is 0.251 e. The first kappa shape index (κ1) is 13.4. The molecule has 0 radical (unpaired) electrons. The minimum Gasteiger partial charge on any atom is -0.618 e. The van der Waals surface area contributed by atoms with Crippen LogP contribution in [0.25, 0.3) is 0 Å². The highest BCUT2D eigenvalue weighted by Crippen LogP contribution is 2.17. The zero-order chi connectivity index (χ0) is 13.7. The minimum absolute atomic E-state index is 0.0171. The average molecular weight is 275 g/mol. The number of benzene rings is 1. The number of nitrogens with zero attached hydrogens (tertiary/aromatic N) is 1. The van der Waals surface area contributed by atoms with Crippen LogP contribution in [0.2, 0.25) is 0 Å². The summed E-state index contributed by atoms with van der Waals surface area (Å²) < 4.78 is 5.79. The van der Waals surface area contributed by atoms with Gasteiger partial charge in [-0.25, -0.2) is 0 Å².